The highest BCUT2D eigenvalue weighted by molar-refractivity contribution is 6.03. The molecule has 0 saturated carbocycles. The third-order valence-corrected chi connectivity index (χ3v) is 3.86. The second-order valence-electron chi connectivity index (χ2n) is 5.64. The quantitative estimate of drug-likeness (QED) is 0.785. The van der Waals surface area contributed by atoms with Gasteiger partial charge in [-0.25, -0.2) is 4.79 Å². The minimum Gasteiger partial charge on any atom is -0.467 e. The molecule has 0 unspecified atom stereocenters. The van der Waals surface area contributed by atoms with Gasteiger partial charge in [-0.2, -0.15) is 0 Å². The number of hydrogen-bond acceptors (Lipinski definition) is 5. The molecule has 2 aromatic rings. The molecule has 25 heavy (non-hydrogen) atoms. The Morgan fingerprint density at radius 1 is 1.16 bits per heavy atom. The Hall–Kier alpha value is -3.09. The molecular weight excluding hydrogens is 324 g/mol. The molecule has 1 aromatic heterocycles. The van der Waals surface area contributed by atoms with Gasteiger partial charge in [-0.05, 0) is 43.7 Å². The molecule has 1 heterocycles. The molecule has 2 N–H and O–H groups in total. The van der Waals surface area contributed by atoms with E-state index in [1.54, 1.807) is 38.1 Å². The molecule has 0 bridgehead atoms. The number of ether oxygens (including phenoxy) is 1. The molecule has 0 aliphatic rings. The molecule has 0 saturated heterocycles. The summed E-state index contributed by atoms with van der Waals surface area (Å²) in [5.74, 6) is -1.22. The third kappa shape index (κ3) is 4.26. The van der Waals surface area contributed by atoms with E-state index in [2.05, 4.69) is 10.6 Å². The average molecular weight is 344 g/mol. The van der Waals surface area contributed by atoms with Crippen LogP contribution in [0, 0.1) is 0 Å². The van der Waals surface area contributed by atoms with E-state index < -0.39 is 23.3 Å². The Kier molecular flexibility index (Phi) is 5.59. The fraction of sp³-hybridized carbons (Fsp3) is 0.278. The SMILES string of the molecule is CC[C@@](C)(NC(=O)c1cccc(NC(=O)c2ccco2)c1)C(=O)OC. The smallest absolute Gasteiger partial charge is 0.331 e. The lowest BCUT2D eigenvalue weighted by Crippen LogP contribution is -2.52. The number of benzene rings is 1. The van der Waals surface area contributed by atoms with Gasteiger partial charge in [-0.3, -0.25) is 9.59 Å². The van der Waals surface area contributed by atoms with E-state index in [0.717, 1.165) is 0 Å². The molecule has 1 atom stereocenters. The fourth-order valence-corrected chi connectivity index (χ4v) is 2.17. The van der Waals surface area contributed by atoms with Gasteiger partial charge in [-0.1, -0.05) is 13.0 Å². The Morgan fingerprint density at radius 2 is 1.92 bits per heavy atom. The summed E-state index contributed by atoms with van der Waals surface area (Å²) in [7, 11) is 1.27. The summed E-state index contributed by atoms with van der Waals surface area (Å²) < 4.78 is 9.76. The van der Waals surface area contributed by atoms with Crippen LogP contribution < -0.4 is 10.6 Å². The van der Waals surface area contributed by atoms with Crippen LogP contribution in [0.1, 0.15) is 41.2 Å². The Morgan fingerprint density at radius 3 is 2.52 bits per heavy atom. The van der Waals surface area contributed by atoms with Crippen molar-refractivity contribution in [3.63, 3.8) is 0 Å². The Balaban J connectivity index is 2.13. The maximum Gasteiger partial charge on any atom is 0.331 e. The molecule has 1 aromatic carbocycles. The normalized spacial score (nSPS) is 12.8. The highest BCUT2D eigenvalue weighted by Crippen LogP contribution is 2.16. The first kappa shape index (κ1) is 18.3. The summed E-state index contributed by atoms with van der Waals surface area (Å²) in [4.78, 5) is 36.3. The highest BCUT2D eigenvalue weighted by atomic mass is 16.5. The van der Waals surface area contributed by atoms with E-state index in [0.29, 0.717) is 17.7 Å². The zero-order valence-corrected chi connectivity index (χ0v) is 14.3. The van der Waals surface area contributed by atoms with Crippen LogP contribution in [0.15, 0.2) is 47.1 Å². The predicted octanol–water partition coefficient (Wildman–Crippen LogP) is 2.60. The van der Waals surface area contributed by atoms with Crippen molar-refractivity contribution in [1.82, 2.24) is 5.32 Å². The van der Waals surface area contributed by atoms with Crippen molar-refractivity contribution in [3.8, 4) is 0 Å². The molecule has 0 radical (unpaired) electrons. The molecule has 2 rings (SSSR count). The Bertz CT molecular complexity index is 770. The lowest BCUT2D eigenvalue weighted by molar-refractivity contribution is -0.147. The lowest BCUT2D eigenvalue weighted by atomic mass is 9.98. The van der Waals surface area contributed by atoms with Gasteiger partial charge in [0.25, 0.3) is 11.8 Å². The summed E-state index contributed by atoms with van der Waals surface area (Å²) in [5.41, 5.74) is -0.384. The molecule has 7 nitrogen and oxygen atoms in total. The van der Waals surface area contributed by atoms with E-state index >= 15 is 0 Å². The van der Waals surface area contributed by atoms with Gasteiger partial charge in [0.1, 0.15) is 5.54 Å². The maximum atomic E-state index is 12.5. The van der Waals surface area contributed by atoms with E-state index in [9.17, 15) is 14.4 Å². The molecule has 7 heteroatoms. The van der Waals surface area contributed by atoms with Gasteiger partial charge >= 0.3 is 5.97 Å². The van der Waals surface area contributed by atoms with Crippen LogP contribution in [0.2, 0.25) is 0 Å². The van der Waals surface area contributed by atoms with Crippen molar-refractivity contribution < 1.29 is 23.5 Å². The van der Waals surface area contributed by atoms with Gasteiger partial charge in [0.15, 0.2) is 5.76 Å². The van der Waals surface area contributed by atoms with Gasteiger partial charge < -0.3 is 19.8 Å². The fourth-order valence-electron chi connectivity index (χ4n) is 2.17. The molecule has 0 spiro atoms. The number of esters is 1. The molecule has 2 amide bonds. The molecule has 0 fully saturated rings. The topological polar surface area (TPSA) is 97.6 Å². The number of amides is 2. The predicted molar refractivity (Wildman–Crippen MR) is 91.3 cm³/mol. The zero-order chi connectivity index (χ0) is 18.4. The van der Waals surface area contributed by atoms with Crippen LogP contribution >= 0.6 is 0 Å². The van der Waals surface area contributed by atoms with Crippen molar-refractivity contribution in [2.24, 2.45) is 0 Å². The second kappa shape index (κ2) is 7.65. The first-order valence-electron chi connectivity index (χ1n) is 7.75. The van der Waals surface area contributed by atoms with Gasteiger partial charge in [0.2, 0.25) is 0 Å². The van der Waals surface area contributed by atoms with E-state index in [4.69, 9.17) is 9.15 Å². The summed E-state index contributed by atoms with van der Waals surface area (Å²) >= 11 is 0. The number of rotatable bonds is 6. The molecule has 132 valence electrons. The monoisotopic (exact) mass is 344 g/mol. The Labute approximate surface area is 145 Å². The maximum absolute atomic E-state index is 12.5. The minimum absolute atomic E-state index is 0.166. The third-order valence-electron chi connectivity index (χ3n) is 3.86. The summed E-state index contributed by atoms with van der Waals surface area (Å²) in [6.45, 7) is 3.37. The standard InChI is InChI=1S/C18H20N2O5/c1-4-18(2,17(23)24-3)20-15(21)12-7-5-8-13(11-12)19-16(22)14-9-6-10-25-14/h5-11H,4H2,1-3H3,(H,19,22)(H,20,21)/t18-/m1/s1. The van der Waals surface area contributed by atoms with Crippen LogP contribution in [0.5, 0.6) is 0 Å². The second-order valence-corrected chi connectivity index (χ2v) is 5.64. The number of hydrogen-bond donors (Lipinski definition) is 2. The number of anilines is 1. The lowest BCUT2D eigenvalue weighted by Gasteiger charge is -2.26. The number of methoxy groups -OCH3 is 1. The zero-order valence-electron chi connectivity index (χ0n) is 14.3. The first-order valence-corrected chi connectivity index (χ1v) is 7.75. The number of carbonyl (C=O) groups excluding carboxylic acids is 3. The van der Waals surface area contributed by atoms with E-state index in [1.807, 2.05) is 0 Å². The van der Waals surface area contributed by atoms with Crippen molar-refractivity contribution in [2.75, 3.05) is 12.4 Å². The number of furan rings is 1. The van der Waals surface area contributed by atoms with Gasteiger partial charge in [0.05, 0.1) is 13.4 Å². The highest BCUT2D eigenvalue weighted by Gasteiger charge is 2.34. The van der Waals surface area contributed by atoms with Crippen LogP contribution in [0.25, 0.3) is 0 Å². The van der Waals surface area contributed by atoms with Crippen LogP contribution in [-0.4, -0.2) is 30.4 Å². The number of nitrogens with one attached hydrogen (secondary N) is 2. The van der Waals surface area contributed by atoms with Crippen LogP contribution in [0.3, 0.4) is 0 Å². The van der Waals surface area contributed by atoms with Crippen LogP contribution in [0.4, 0.5) is 5.69 Å². The van der Waals surface area contributed by atoms with Gasteiger partial charge in [0, 0.05) is 11.3 Å². The van der Waals surface area contributed by atoms with Crippen molar-refractivity contribution in [3.05, 3.63) is 54.0 Å². The average Bonchev–Trinajstić information content (AvgIpc) is 3.15. The largest absolute Gasteiger partial charge is 0.467 e. The van der Waals surface area contributed by atoms with Crippen molar-refractivity contribution in [1.29, 1.82) is 0 Å². The van der Waals surface area contributed by atoms with Crippen molar-refractivity contribution in [2.45, 2.75) is 25.8 Å². The first-order chi connectivity index (χ1) is 11.9. The number of carbonyl (C=O) groups is 3. The van der Waals surface area contributed by atoms with Crippen LogP contribution in [-0.2, 0) is 9.53 Å². The summed E-state index contributed by atoms with van der Waals surface area (Å²) in [6.07, 6.45) is 1.78. The minimum atomic E-state index is -1.13. The summed E-state index contributed by atoms with van der Waals surface area (Å²) in [6, 6.07) is 9.53. The van der Waals surface area contributed by atoms with Crippen molar-refractivity contribution >= 4 is 23.5 Å². The van der Waals surface area contributed by atoms with Gasteiger partial charge in [-0.15, -0.1) is 0 Å². The summed E-state index contributed by atoms with van der Waals surface area (Å²) in [5, 5.41) is 5.32. The molecule has 0 aliphatic heterocycles. The van der Waals surface area contributed by atoms with E-state index in [-0.39, 0.29) is 5.76 Å². The van der Waals surface area contributed by atoms with E-state index in [1.165, 1.54) is 25.5 Å². The molecule has 0 aliphatic carbocycles. The molecular formula is C18H20N2O5.